The lowest BCUT2D eigenvalue weighted by atomic mass is 10.0. The molecule has 194 valence electrons. The molecule has 0 spiro atoms. The van der Waals surface area contributed by atoms with Crippen LogP contribution in [0.1, 0.15) is 80.1 Å². The summed E-state index contributed by atoms with van der Waals surface area (Å²) in [5, 5.41) is 0. The summed E-state index contributed by atoms with van der Waals surface area (Å²) in [4.78, 5) is 18.0. The number of hydrogen-bond acceptors (Lipinski definition) is 5. The maximum Gasteiger partial charge on any atom is 0.538 e. The topological polar surface area (TPSA) is 102 Å². The van der Waals surface area contributed by atoms with E-state index in [9.17, 15) is 9.13 Å². The van der Waals surface area contributed by atoms with Crippen molar-refractivity contribution < 1.29 is 32.3 Å². The minimum Gasteiger partial charge on any atom is -0.412 e. The van der Waals surface area contributed by atoms with Crippen LogP contribution in [-0.2, 0) is 22.5 Å². The van der Waals surface area contributed by atoms with Crippen LogP contribution in [0.15, 0.2) is 71.1 Å². The van der Waals surface area contributed by atoms with Crippen molar-refractivity contribution in [1.29, 1.82) is 0 Å². The van der Waals surface area contributed by atoms with Gasteiger partial charge >= 0.3 is 15.6 Å². The summed E-state index contributed by atoms with van der Waals surface area (Å²) in [6.07, 6.45) is 16.7. The van der Waals surface area contributed by atoms with Gasteiger partial charge < -0.3 is 14.3 Å². The van der Waals surface area contributed by atoms with E-state index in [4.69, 9.17) is 18.8 Å². The second-order valence-electron chi connectivity index (χ2n) is 8.62. The van der Waals surface area contributed by atoms with Gasteiger partial charge in [-0.15, -0.1) is 0 Å². The van der Waals surface area contributed by atoms with E-state index in [0.29, 0.717) is 5.57 Å². The molecule has 0 bridgehead atoms. The molecule has 0 aromatic carbocycles. The van der Waals surface area contributed by atoms with Gasteiger partial charge in [-0.3, -0.25) is 4.52 Å². The molecule has 0 saturated heterocycles. The maximum absolute atomic E-state index is 12.4. The van der Waals surface area contributed by atoms with Gasteiger partial charge in [0.25, 0.3) is 0 Å². The first kappa shape index (κ1) is 32.5. The Labute approximate surface area is 205 Å². The van der Waals surface area contributed by atoms with Gasteiger partial charge in [0.1, 0.15) is 0 Å². The molecule has 1 unspecified atom stereocenters. The molecule has 0 aliphatic rings. The molecule has 9 heteroatoms. The van der Waals surface area contributed by atoms with Gasteiger partial charge in [-0.05, 0) is 86.1 Å². The molecule has 0 heterocycles. The summed E-state index contributed by atoms with van der Waals surface area (Å²) in [5.74, 6) is 0. The molecule has 2 N–H and O–H groups in total. The Hall–Kier alpha value is -1.46. The van der Waals surface area contributed by atoms with Crippen LogP contribution in [0.3, 0.4) is 0 Å². The zero-order valence-corrected chi connectivity index (χ0v) is 23.2. The number of allylic oxidation sites excluding steroid dienone is 9. The highest BCUT2D eigenvalue weighted by molar-refractivity contribution is 7.61. The molecule has 34 heavy (non-hydrogen) atoms. The Morgan fingerprint density at radius 3 is 1.71 bits per heavy atom. The van der Waals surface area contributed by atoms with Gasteiger partial charge in [-0.2, -0.15) is 4.31 Å². The first-order chi connectivity index (χ1) is 15.7. The fourth-order valence-corrected chi connectivity index (χ4v) is 4.60. The van der Waals surface area contributed by atoms with E-state index in [-0.39, 0.29) is 6.61 Å². The third kappa shape index (κ3) is 20.0. The Balaban J connectivity index is 4.58. The first-order valence-corrected chi connectivity index (χ1v) is 14.3. The Bertz CT molecular complexity index is 885. The van der Waals surface area contributed by atoms with E-state index in [2.05, 4.69) is 56.8 Å². The molecule has 0 rings (SSSR count). The predicted octanol–water partition coefficient (Wildman–Crippen LogP) is 8.47. The molecule has 1 atom stereocenters. The van der Waals surface area contributed by atoms with E-state index in [0.717, 1.165) is 50.4 Å². The van der Waals surface area contributed by atoms with Crippen molar-refractivity contribution in [2.75, 3.05) is 6.61 Å². The number of phosphoric acid groups is 2. The monoisotopic (exact) mass is 516 g/mol. The van der Waals surface area contributed by atoms with Crippen molar-refractivity contribution in [2.45, 2.75) is 80.1 Å². The lowest BCUT2D eigenvalue weighted by molar-refractivity contribution is 0.183. The summed E-state index contributed by atoms with van der Waals surface area (Å²) >= 11 is 0. The second kappa shape index (κ2) is 17.0. The molecule has 0 radical (unpaired) electrons. The second-order valence-corrected chi connectivity index (χ2v) is 11.6. The van der Waals surface area contributed by atoms with E-state index in [1.807, 2.05) is 6.92 Å². The van der Waals surface area contributed by atoms with E-state index in [1.54, 1.807) is 13.0 Å². The van der Waals surface area contributed by atoms with Crippen LogP contribution < -0.4 is 0 Å². The van der Waals surface area contributed by atoms with Crippen molar-refractivity contribution in [3.05, 3.63) is 71.1 Å². The van der Waals surface area contributed by atoms with Gasteiger partial charge in [-0.1, -0.05) is 58.7 Å². The average molecular weight is 517 g/mol. The first-order valence-electron chi connectivity index (χ1n) is 11.3. The molecule has 0 amide bonds. The van der Waals surface area contributed by atoms with Crippen LogP contribution in [0.25, 0.3) is 0 Å². The fraction of sp³-hybridized carbons (Fsp3) is 0.520. The van der Waals surface area contributed by atoms with E-state index < -0.39 is 15.6 Å². The molecule has 0 saturated carbocycles. The zero-order chi connectivity index (χ0) is 26.2. The summed E-state index contributed by atoms with van der Waals surface area (Å²) < 4.78 is 37.7. The highest BCUT2D eigenvalue weighted by Crippen LogP contribution is 2.61. The van der Waals surface area contributed by atoms with Gasteiger partial charge in [0.05, 0.1) is 12.9 Å². The Morgan fingerprint density at radius 2 is 1.26 bits per heavy atom. The molecular formula is C25H42O7P2. The standard InChI is InChI=1S/C25H42O7P2/c1-21(2)11-8-12-23(5)13-9-14-24(6)15-10-16-25(7)18-20-31-34(29,32-33(26,27)28)30-19-17-22(3)4/h11,13,15,17-19H,3,8-10,12,14,16,20H2,1-2,4-7H3,(H2,26,27,28). The van der Waals surface area contributed by atoms with Crippen LogP contribution in [-0.4, -0.2) is 16.4 Å². The predicted molar refractivity (Wildman–Crippen MR) is 140 cm³/mol. The molecule has 7 nitrogen and oxygen atoms in total. The van der Waals surface area contributed by atoms with Crippen molar-refractivity contribution in [2.24, 2.45) is 0 Å². The Morgan fingerprint density at radius 1 is 0.794 bits per heavy atom. The van der Waals surface area contributed by atoms with Crippen molar-refractivity contribution in [1.82, 2.24) is 0 Å². The minimum absolute atomic E-state index is 0.177. The highest BCUT2D eigenvalue weighted by atomic mass is 31.3. The summed E-state index contributed by atoms with van der Waals surface area (Å²) in [6.45, 7) is 15.5. The lowest BCUT2D eigenvalue weighted by Crippen LogP contribution is -1.97. The summed E-state index contributed by atoms with van der Waals surface area (Å²) in [5.41, 5.74) is 5.68. The van der Waals surface area contributed by atoms with Crippen LogP contribution >= 0.6 is 15.6 Å². The van der Waals surface area contributed by atoms with Crippen LogP contribution in [0, 0.1) is 0 Å². The lowest BCUT2D eigenvalue weighted by Gasteiger charge is -2.16. The summed E-state index contributed by atoms with van der Waals surface area (Å²) in [6, 6.07) is 0. The van der Waals surface area contributed by atoms with Gasteiger partial charge in [0, 0.05) is 0 Å². The molecule has 0 aromatic heterocycles. The van der Waals surface area contributed by atoms with Crippen molar-refractivity contribution in [3.8, 4) is 0 Å². The average Bonchev–Trinajstić information content (AvgIpc) is 2.65. The molecule has 0 fully saturated rings. The molecule has 0 aromatic rings. The molecule has 0 aliphatic carbocycles. The van der Waals surface area contributed by atoms with Crippen molar-refractivity contribution in [3.63, 3.8) is 0 Å². The van der Waals surface area contributed by atoms with Gasteiger partial charge in [0.2, 0.25) is 0 Å². The van der Waals surface area contributed by atoms with Crippen molar-refractivity contribution >= 4 is 15.6 Å². The molecule has 0 aliphatic heterocycles. The van der Waals surface area contributed by atoms with Crippen LogP contribution in [0.4, 0.5) is 0 Å². The quantitative estimate of drug-likeness (QED) is 0.0865. The fourth-order valence-electron chi connectivity index (χ4n) is 2.68. The third-order valence-corrected chi connectivity index (χ3v) is 7.06. The smallest absolute Gasteiger partial charge is 0.412 e. The molecular weight excluding hydrogens is 474 g/mol. The highest BCUT2D eigenvalue weighted by Gasteiger charge is 2.36. The number of phosphoric ester groups is 1. The van der Waals surface area contributed by atoms with Gasteiger partial charge in [-0.25, -0.2) is 9.13 Å². The normalized spacial score (nSPS) is 15.4. The zero-order valence-electron chi connectivity index (χ0n) is 21.5. The van der Waals surface area contributed by atoms with E-state index in [1.165, 1.54) is 22.8 Å². The minimum atomic E-state index is -5.07. The van der Waals surface area contributed by atoms with Crippen LogP contribution in [0.2, 0.25) is 0 Å². The summed E-state index contributed by atoms with van der Waals surface area (Å²) in [7, 11) is -9.56. The largest absolute Gasteiger partial charge is 0.538 e. The van der Waals surface area contributed by atoms with Crippen LogP contribution in [0.5, 0.6) is 0 Å². The third-order valence-electron chi connectivity index (χ3n) is 4.57. The number of hydrogen-bond donors (Lipinski definition) is 2. The number of rotatable bonds is 17. The van der Waals surface area contributed by atoms with E-state index >= 15 is 0 Å². The van der Waals surface area contributed by atoms with Gasteiger partial charge in [0.15, 0.2) is 0 Å². The SMILES string of the molecule is C=C(C)C=COP(=O)(OCC=C(C)CCC=C(C)CCC=C(C)CCC=C(C)C)OP(=O)(O)O. The Kier molecular flexibility index (Phi) is 16.3. The maximum atomic E-state index is 12.4.